The zero-order chi connectivity index (χ0) is 11.6. The van der Waals surface area contributed by atoms with E-state index in [-0.39, 0.29) is 5.92 Å². The summed E-state index contributed by atoms with van der Waals surface area (Å²) in [7, 11) is -3.12. The Bertz CT molecular complexity index is 297. The first-order valence-electron chi connectivity index (χ1n) is 5.69. The molecule has 4 unspecified atom stereocenters. The first-order valence-corrected chi connectivity index (χ1v) is 7.64. The molecule has 4 atom stereocenters. The van der Waals surface area contributed by atoms with Crippen molar-refractivity contribution in [2.45, 2.75) is 50.9 Å². The molecule has 0 aromatic rings. The standard InChI is InChI=1S/C11H22O3S/c1-8-5-4-6-10(7-8)11(12)9(2)15(3,13)14/h8-12H,4-7H2,1-3H3. The van der Waals surface area contributed by atoms with E-state index in [1.54, 1.807) is 6.92 Å². The van der Waals surface area contributed by atoms with Crippen LogP contribution in [0.2, 0.25) is 0 Å². The summed E-state index contributed by atoms with van der Waals surface area (Å²) in [6.45, 7) is 3.78. The Morgan fingerprint density at radius 2 is 1.93 bits per heavy atom. The number of aliphatic hydroxyl groups is 1. The number of rotatable bonds is 3. The van der Waals surface area contributed by atoms with Crippen molar-refractivity contribution < 1.29 is 13.5 Å². The second-order valence-corrected chi connectivity index (χ2v) is 7.46. The maximum absolute atomic E-state index is 11.3. The van der Waals surface area contributed by atoms with E-state index in [9.17, 15) is 13.5 Å². The van der Waals surface area contributed by atoms with Gasteiger partial charge in [0, 0.05) is 6.26 Å². The highest BCUT2D eigenvalue weighted by Crippen LogP contribution is 2.32. The van der Waals surface area contributed by atoms with Crippen molar-refractivity contribution in [1.82, 2.24) is 0 Å². The molecule has 1 aliphatic rings. The number of hydrogen-bond acceptors (Lipinski definition) is 3. The molecular weight excluding hydrogens is 212 g/mol. The van der Waals surface area contributed by atoms with E-state index >= 15 is 0 Å². The molecule has 1 saturated carbocycles. The van der Waals surface area contributed by atoms with Gasteiger partial charge < -0.3 is 5.11 Å². The van der Waals surface area contributed by atoms with Crippen molar-refractivity contribution in [3.63, 3.8) is 0 Å². The molecule has 0 spiro atoms. The second-order valence-electron chi connectivity index (χ2n) is 5.06. The lowest BCUT2D eigenvalue weighted by atomic mass is 9.79. The van der Waals surface area contributed by atoms with Crippen molar-refractivity contribution in [3.8, 4) is 0 Å². The lowest BCUT2D eigenvalue weighted by Gasteiger charge is -2.32. The van der Waals surface area contributed by atoms with Crippen molar-refractivity contribution in [2.24, 2.45) is 11.8 Å². The van der Waals surface area contributed by atoms with Crippen LogP contribution in [0.3, 0.4) is 0 Å². The van der Waals surface area contributed by atoms with Gasteiger partial charge in [-0.3, -0.25) is 0 Å². The number of sulfone groups is 1. The molecule has 0 aliphatic heterocycles. The van der Waals surface area contributed by atoms with Gasteiger partial charge in [0.25, 0.3) is 0 Å². The van der Waals surface area contributed by atoms with E-state index in [2.05, 4.69) is 6.92 Å². The lowest BCUT2D eigenvalue weighted by Crippen LogP contribution is -2.38. The van der Waals surface area contributed by atoms with Gasteiger partial charge in [-0.1, -0.05) is 19.8 Å². The topological polar surface area (TPSA) is 54.4 Å². The normalized spacial score (nSPS) is 32.3. The van der Waals surface area contributed by atoms with E-state index in [4.69, 9.17) is 0 Å². The van der Waals surface area contributed by atoms with Gasteiger partial charge in [-0.05, 0) is 31.6 Å². The van der Waals surface area contributed by atoms with E-state index in [0.717, 1.165) is 19.3 Å². The van der Waals surface area contributed by atoms with E-state index < -0.39 is 21.2 Å². The van der Waals surface area contributed by atoms with Crippen LogP contribution in [0.4, 0.5) is 0 Å². The number of aliphatic hydroxyl groups excluding tert-OH is 1. The Kier molecular flexibility index (Phi) is 4.18. The molecule has 90 valence electrons. The van der Waals surface area contributed by atoms with Crippen LogP contribution in [0.1, 0.15) is 39.5 Å². The van der Waals surface area contributed by atoms with Crippen LogP contribution in [0, 0.1) is 11.8 Å². The van der Waals surface area contributed by atoms with Crippen molar-refractivity contribution in [1.29, 1.82) is 0 Å². The van der Waals surface area contributed by atoms with Crippen LogP contribution in [0.5, 0.6) is 0 Å². The molecule has 0 saturated heterocycles. The van der Waals surface area contributed by atoms with E-state index in [1.165, 1.54) is 12.7 Å². The van der Waals surface area contributed by atoms with Crippen molar-refractivity contribution in [2.75, 3.05) is 6.26 Å². The first-order chi connectivity index (χ1) is 6.82. The highest BCUT2D eigenvalue weighted by molar-refractivity contribution is 7.91. The molecule has 4 heteroatoms. The molecule has 1 aliphatic carbocycles. The van der Waals surface area contributed by atoms with Crippen LogP contribution in [-0.2, 0) is 9.84 Å². The van der Waals surface area contributed by atoms with Gasteiger partial charge in [0.15, 0.2) is 9.84 Å². The number of hydrogen-bond donors (Lipinski definition) is 1. The molecule has 1 fully saturated rings. The van der Waals surface area contributed by atoms with Crippen molar-refractivity contribution in [3.05, 3.63) is 0 Å². The van der Waals surface area contributed by atoms with Crippen LogP contribution in [-0.4, -0.2) is 31.1 Å². The Balaban J connectivity index is 2.63. The molecule has 1 rings (SSSR count). The van der Waals surface area contributed by atoms with Crippen LogP contribution >= 0.6 is 0 Å². The summed E-state index contributed by atoms with van der Waals surface area (Å²) in [6, 6.07) is 0. The minimum absolute atomic E-state index is 0.165. The minimum atomic E-state index is -3.12. The largest absolute Gasteiger partial charge is 0.392 e. The van der Waals surface area contributed by atoms with Crippen LogP contribution < -0.4 is 0 Å². The van der Waals surface area contributed by atoms with Gasteiger partial charge in [0.2, 0.25) is 0 Å². The third kappa shape index (κ3) is 3.45. The monoisotopic (exact) mass is 234 g/mol. The molecule has 0 aromatic carbocycles. The van der Waals surface area contributed by atoms with Gasteiger partial charge in [-0.15, -0.1) is 0 Å². The zero-order valence-electron chi connectivity index (χ0n) is 9.81. The van der Waals surface area contributed by atoms with Gasteiger partial charge in [-0.25, -0.2) is 8.42 Å². The molecule has 1 N–H and O–H groups in total. The third-order valence-corrected chi connectivity index (χ3v) is 5.25. The fourth-order valence-corrected chi connectivity index (χ4v) is 3.16. The van der Waals surface area contributed by atoms with E-state index in [0.29, 0.717) is 5.92 Å². The summed E-state index contributed by atoms with van der Waals surface area (Å²) in [5.41, 5.74) is 0. The molecule has 0 radical (unpaired) electrons. The smallest absolute Gasteiger partial charge is 0.152 e. The average Bonchev–Trinajstić information content (AvgIpc) is 2.14. The summed E-state index contributed by atoms with van der Waals surface area (Å²) in [4.78, 5) is 0. The van der Waals surface area contributed by atoms with Crippen molar-refractivity contribution >= 4 is 9.84 Å². The maximum Gasteiger partial charge on any atom is 0.152 e. The Morgan fingerprint density at radius 3 is 2.40 bits per heavy atom. The molecular formula is C11H22O3S. The summed E-state index contributed by atoms with van der Waals surface area (Å²) >= 11 is 0. The quantitative estimate of drug-likeness (QED) is 0.807. The Hall–Kier alpha value is -0.0900. The van der Waals surface area contributed by atoms with Gasteiger partial charge in [-0.2, -0.15) is 0 Å². The van der Waals surface area contributed by atoms with Gasteiger partial charge in [0.05, 0.1) is 11.4 Å². The summed E-state index contributed by atoms with van der Waals surface area (Å²) < 4.78 is 22.7. The zero-order valence-corrected chi connectivity index (χ0v) is 10.6. The van der Waals surface area contributed by atoms with E-state index in [1.807, 2.05) is 0 Å². The third-order valence-electron chi connectivity index (χ3n) is 3.62. The predicted molar refractivity (Wildman–Crippen MR) is 61.4 cm³/mol. The maximum atomic E-state index is 11.3. The highest BCUT2D eigenvalue weighted by atomic mass is 32.2. The summed E-state index contributed by atoms with van der Waals surface area (Å²) in [6.07, 6.45) is 4.75. The molecule has 0 amide bonds. The minimum Gasteiger partial charge on any atom is -0.392 e. The average molecular weight is 234 g/mol. The predicted octanol–water partition coefficient (Wildman–Crippen LogP) is 1.61. The molecule has 0 aromatic heterocycles. The van der Waals surface area contributed by atoms with Crippen LogP contribution in [0.15, 0.2) is 0 Å². The Labute approximate surface area is 92.8 Å². The van der Waals surface area contributed by atoms with Gasteiger partial charge in [0.1, 0.15) is 0 Å². The fourth-order valence-electron chi connectivity index (χ4n) is 2.43. The first kappa shape index (κ1) is 13.0. The summed E-state index contributed by atoms with van der Waals surface area (Å²) in [5.74, 6) is 0.781. The fraction of sp³-hybridized carbons (Fsp3) is 1.00. The highest BCUT2D eigenvalue weighted by Gasteiger charge is 2.33. The summed E-state index contributed by atoms with van der Waals surface area (Å²) in [5, 5.41) is 9.39. The Morgan fingerprint density at radius 1 is 1.33 bits per heavy atom. The second kappa shape index (κ2) is 4.83. The van der Waals surface area contributed by atoms with Gasteiger partial charge >= 0.3 is 0 Å². The SMILES string of the molecule is CC1CCCC(C(O)C(C)S(C)(=O)=O)C1. The lowest BCUT2D eigenvalue weighted by molar-refractivity contribution is 0.0712. The molecule has 0 heterocycles. The molecule has 3 nitrogen and oxygen atoms in total. The van der Waals surface area contributed by atoms with Crippen LogP contribution in [0.25, 0.3) is 0 Å². The molecule has 0 bridgehead atoms. The molecule has 15 heavy (non-hydrogen) atoms.